The highest BCUT2D eigenvalue weighted by molar-refractivity contribution is 5.31. The highest BCUT2D eigenvalue weighted by Crippen LogP contribution is 2.20. The highest BCUT2D eigenvalue weighted by atomic mass is 16.5. The summed E-state index contributed by atoms with van der Waals surface area (Å²) in [7, 11) is 1.65. The molecule has 1 aromatic carbocycles. The van der Waals surface area contributed by atoms with Crippen LogP contribution in [0, 0.1) is 0 Å². The molecule has 1 saturated carbocycles. The molecule has 0 spiro atoms. The van der Waals surface area contributed by atoms with Crippen LogP contribution in [0.5, 0.6) is 11.5 Å². The molecule has 0 radical (unpaired) electrons. The van der Waals surface area contributed by atoms with Crippen LogP contribution < -0.4 is 15.2 Å². The summed E-state index contributed by atoms with van der Waals surface area (Å²) in [6.45, 7) is 1.14. The van der Waals surface area contributed by atoms with Crippen LogP contribution in [0.1, 0.15) is 32.1 Å². The zero-order valence-corrected chi connectivity index (χ0v) is 12.2. The van der Waals surface area contributed by atoms with Gasteiger partial charge in [-0.1, -0.05) is 19.3 Å². The van der Waals surface area contributed by atoms with Gasteiger partial charge in [0, 0.05) is 6.04 Å². The van der Waals surface area contributed by atoms with Crippen molar-refractivity contribution >= 4 is 0 Å². The van der Waals surface area contributed by atoms with Crippen molar-refractivity contribution < 1.29 is 14.2 Å². The van der Waals surface area contributed by atoms with Gasteiger partial charge in [-0.2, -0.15) is 0 Å². The Balaban J connectivity index is 1.67. The molecule has 0 saturated heterocycles. The quantitative estimate of drug-likeness (QED) is 0.642. The molecule has 4 heteroatoms. The Morgan fingerprint density at radius 1 is 1.00 bits per heavy atom. The van der Waals surface area contributed by atoms with Crippen molar-refractivity contribution in [3.8, 4) is 11.5 Å². The third-order valence-corrected chi connectivity index (χ3v) is 3.75. The van der Waals surface area contributed by atoms with E-state index in [-0.39, 0.29) is 12.1 Å². The number of methoxy groups -OCH3 is 1. The number of hydrogen-bond donors (Lipinski definition) is 1. The molecule has 0 bridgehead atoms. The molecular formula is C16H25NO3. The molecular weight excluding hydrogens is 254 g/mol. The second-order valence-corrected chi connectivity index (χ2v) is 5.24. The molecule has 0 heterocycles. The first kappa shape index (κ1) is 15.1. The number of rotatable bonds is 6. The Morgan fingerprint density at radius 2 is 1.70 bits per heavy atom. The van der Waals surface area contributed by atoms with E-state index >= 15 is 0 Å². The van der Waals surface area contributed by atoms with Crippen molar-refractivity contribution in [2.24, 2.45) is 5.73 Å². The van der Waals surface area contributed by atoms with Crippen LogP contribution in [0.25, 0.3) is 0 Å². The summed E-state index contributed by atoms with van der Waals surface area (Å²) >= 11 is 0. The van der Waals surface area contributed by atoms with E-state index in [9.17, 15) is 0 Å². The van der Waals surface area contributed by atoms with Gasteiger partial charge >= 0.3 is 0 Å². The van der Waals surface area contributed by atoms with E-state index < -0.39 is 0 Å². The first-order valence-electron chi connectivity index (χ1n) is 7.43. The van der Waals surface area contributed by atoms with Gasteiger partial charge in [0.15, 0.2) is 0 Å². The van der Waals surface area contributed by atoms with Crippen LogP contribution in [0.2, 0.25) is 0 Å². The lowest BCUT2D eigenvalue weighted by Crippen LogP contribution is -2.36. The molecule has 1 fully saturated rings. The molecule has 1 aliphatic rings. The summed E-state index contributed by atoms with van der Waals surface area (Å²) in [4.78, 5) is 0. The van der Waals surface area contributed by atoms with Crippen LogP contribution in [-0.4, -0.2) is 32.5 Å². The molecule has 0 aliphatic heterocycles. The van der Waals surface area contributed by atoms with Crippen molar-refractivity contribution in [1.29, 1.82) is 0 Å². The van der Waals surface area contributed by atoms with Crippen LogP contribution in [0.15, 0.2) is 24.3 Å². The van der Waals surface area contributed by atoms with Gasteiger partial charge in [-0.15, -0.1) is 0 Å². The van der Waals surface area contributed by atoms with Crippen molar-refractivity contribution in [2.75, 3.05) is 20.3 Å². The molecule has 112 valence electrons. The third-order valence-electron chi connectivity index (χ3n) is 3.75. The highest BCUT2D eigenvalue weighted by Gasteiger charge is 2.20. The van der Waals surface area contributed by atoms with Crippen LogP contribution in [0.3, 0.4) is 0 Å². The second-order valence-electron chi connectivity index (χ2n) is 5.24. The number of ether oxygens (including phenoxy) is 3. The molecule has 1 aliphatic carbocycles. The molecule has 4 nitrogen and oxygen atoms in total. The van der Waals surface area contributed by atoms with Crippen molar-refractivity contribution in [3.63, 3.8) is 0 Å². The Hall–Kier alpha value is -1.26. The fourth-order valence-corrected chi connectivity index (χ4v) is 2.54. The molecule has 2 rings (SSSR count). The normalized spacial score (nSPS) is 23.1. The Bertz CT molecular complexity index is 380. The minimum atomic E-state index is 0.179. The summed E-state index contributed by atoms with van der Waals surface area (Å²) in [6.07, 6.45) is 6.06. The smallest absolute Gasteiger partial charge is 0.119 e. The van der Waals surface area contributed by atoms with Crippen molar-refractivity contribution in [3.05, 3.63) is 24.3 Å². The SMILES string of the molecule is COc1ccc(OCCOC2CCCCCC2N)cc1. The lowest BCUT2D eigenvalue weighted by atomic mass is 10.1. The van der Waals surface area contributed by atoms with Gasteiger partial charge in [-0.3, -0.25) is 0 Å². The summed E-state index contributed by atoms with van der Waals surface area (Å²) < 4.78 is 16.6. The predicted molar refractivity (Wildman–Crippen MR) is 79.3 cm³/mol. The number of benzene rings is 1. The maximum atomic E-state index is 6.12. The third kappa shape index (κ3) is 4.69. The number of hydrogen-bond acceptors (Lipinski definition) is 4. The molecule has 1 aromatic rings. The van der Waals surface area contributed by atoms with E-state index in [1.807, 2.05) is 24.3 Å². The van der Waals surface area contributed by atoms with E-state index in [4.69, 9.17) is 19.9 Å². The first-order valence-corrected chi connectivity index (χ1v) is 7.43. The van der Waals surface area contributed by atoms with Crippen LogP contribution in [0.4, 0.5) is 0 Å². The Labute approximate surface area is 121 Å². The van der Waals surface area contributed by atoms with Crippen LogP contribution in [-0.2, 0) is 4.74 Å². The van der Waals surface area contributed by atoms with E-state index in [1.165, 1.54) is 19.3 Å². The maximum absolute atomic E-state index is 6.12. The summed E-state index contributed by atoms with van der Waals surface area (Å²) in [5, 5.41) is 0. The lowest BCUT2D eigenvalue weighted by Gasteiger charge is -2.21. The van der Waals surface area contributed by atoms with Gasteiger partial charge in [0.1, 0.15) is 18.1 Å². The molecule has 0 aromatic heterocycles. The zero-order chi connectivity index (χ0) is 14.2. The van der Waals surface area contributed by atoms with Gasteiger partial charge < -0.3 is 19.9 Å². The Morgan fingerprint density at radius 3 is 2.45 bits per heavy atom. The molecule has 2 atom stereocenters. The van der Waals surface area contributed by atoms with E-state index in [0.717, 1.165) is 24.3 Å². The average molecular weight is 279 g/mol. The van der Waals surface area contributed by atoms with Crippen molar-refractivity contribution in [2.45, 2.75) is 44.2 Å². The predicted octanol–water partition coefficient (Wildman–Crippen LogP) is 2.75. The average Bonchev–Trinajstić information content (AvgIpc) is 2.69. The summed E-state index contributed by atoms with van der Waals surface area (Å²) in [5.41, 5.74) is 6.12. The Kier molecular flexibility index (Phi) is 6.15. The van der Waals surface area contributed by atoms with Crippen LogP contribution >= 0.6 is 0 Å². The standard InChI is InChI=1S/C16H25NO3/c1-18-13-7-9-14(10-8-13)19-11-12-20-16-6-4-2-3-5-15(16)17/h7-10,15-16H,2-6,11-12,17H2,1H3. The van der Waals surface area contributed by atoms with E-state index in [0.29, 0.717) is 13.2 Å². The van der Waals surface area contributed by atoms with E-state index in [2.05, 4.69) is 0 Å². The lowest BCUT2D eigenvalue weighted by molar-refractivity contribution is 0.0152. The molecule has 20 heavy (non-hydrogen) atoms. The van der Waals surface area contributed by atoms with Gasteiger partial charge in [-0.05, 0) is 37.1 Å². The molecule has 2 unspecified atom stereocenters. The molecule has 2 N–H and O–H groups in total. The van der Waals surface area contributed by atoms with E-state index in [1.54, 1.807) is 7.11 Å². The minimum Gasteiger partial charge on any atom is -0.497 e. The maximum Gasteiger partial charge on any atom is 0.119 e. The summed E-state index contributed by atoms with van der Waals surface area (Å²) in [5.74, 6) is 1.66. The van der Waals surface area contributed by atoms with Gasteiger partial charge in [-0.25, -0.2) is 0 Å². The van der Waals surface area contributed by atoms with Gasteiger partial charge in [0.2, 0.25) is 0 Å². The van der Waals surface area contributed by atoms with Crippen molar-refractivity contribution in [1.82, 2.24) is 0 Å². The topological polar surface area (TPSA) is 53.7 Å². The summed E-state index contributed by atoms with van der Waals surface area (Å²) in [6, 6.07) is 7.75. The molecule has 0 amide bonds. The fraction of sp³-hybridized carbons (Fsp3) is 0.625. The largest absolute Gasteiger partial charge is 0.497 e. The monoisotopic (exact) mass is 279 g/mol. The van der Waals surface area contributed by atoms with Gasteiger partial charge in [0.25, 0.3) is 0 Å². The second kappa shape index (κ2) is 8.12. The van der Waals surface area contributed by atoms with Gasteiger partial charge in [0.05, 0.1) is 19.8 Å². The minimum absolute atomic E-state index is 0.179. The zero-order valence-electron chi connectivity index (χ0n) is 12.2. The first-order chi connectivity index (χ1) is 9.79. The number of nitrogens with two attached hydrogens (primary N) is 1. The fourth-order valence-electron chi connectivity index (χ4n) is 2.54.